The summed E-state index contributed by atoms with van der Waals surface area (Å²) in [5.41, 5.74) is 10.2. The summed E-state index contributed by atoms with van der Waals surface area (Å²) in [5.74, 6) is 0.479. The highest BCUT2D eigenvalue weighted by atomic mass is 15.0. The first-order valence-electron chi connectivity index (χ1n) is 12.0. The minimum atomic E-state index is 0.479. The SMILES string of the molecule is C=CC(=C)/C=C(\Cn1c(C(=C)/C=C\C)c(C(CC)CCC)c2ccc(C(=C)C)cc21)C(=C)C. The topological polar surface area (TPSA) is 4.93 Å². The molecular weight excluding hydrogens is 398 g/mol. The molecule has 0 bridgehead atoms. The molecule has 1 atom stereocenters. The fraction of sp³-hybridized carbons (Fsp3) is 0.312. The van der Waals surface area contributed by atoms with Crippen molar-refractivity contribution in [3.05, 3.63) is 109 Å². The van der Waals surface area contributed by atoms with Crippen LogP contribution >= 0.6 is 0 Å². The predicted molar refractivity (Wildman–Crippen MR) is 151 cm³/mol. The van der Waals surface area contributed by atoms with Crippen LogP contribution in [0.5, 0.6) is 0 Å². The smallest absolute Gasteiger partial charge is 0.0523 e. The molecular formula is C32H41N. The molecule has 1 nitrogen and oxygen atoms in total. The molecule has 0 saturated carbocycles. The quantitative estimate of drug-likeness (QED) is 0.290. The fourth-order valence-corrected chi connectivity index (χ4v) is 4.50. The molecule has 1 unspecified atom stereocenters. The van der Waals surface area contributed by atoms with Crippen LogP contribution in [0.1, 0.15) is 76.6 Å². The number of benzene rings is 1. The molecule has 0 aliphatic carbocycles. The summed E-state index contributed by atoms with van der Waals surface area (Å²) in [4.78, 5) is 0. The lowest BCUT2D eigenvalue weighted by molar-refractivity contribution is 0.595. The summed E-state index contributed by atoms with van der Waals surface area (Å²) in [7, 11) is 0. The average molecular weight is 440 g/mol. The standard InChI is InChI=1S/C32H41N/c1-11-15-25(10)32-31(26(14-4)16-12-2)29-18-17-27(22(5)6)20-30(29)33(32)21-28(23(7)8)19-24(9)13-3/h11,13,15,17-20,26H,3,5,7,9-10,12,14,16,21H2,1-2,4,6,8H3/b15-11-,28-19+. The van der Waals surface area contributed by atoms with E-state index < -0.39 is 0 Å². The molecule has 0 fully saturated rings. The summed E-state index contributed by atoms with van der Waals surface area (Å²) >= 11 is 0. The Kier molecular flexibility index (Phi) is 9.29. The molecule has 1 aromatic carbocycles. The van der Waals surface area contributed by atoms with Crippen LogP contribution in [-0.2, 0) is 6.54 Å². The summed E-state index contributed by atoms with van der Waals surface area (Å²) < 4.78 is 2.43. The van der Waals surface area contributed by atoms with Gasteiger partial charge < -0.3 is 4.57 Å². The van der Waals surface area contributed by atoms with Gasteiger partial charge in [0.25, 0.3) is 0 Å². The maximum atomic E-state index is 4.49. The van der Waals surface area contributed by atoms with E-state index in [0.29, 0.717) is 12.5 Å². The zero-order chi connectivity index (χ0) is 24.7. The van der Waals surface area contributed by atoms with Crippen molar-refractivity contribution >= 4 is 22.0 Å². The van der Waals surface area contributed by atoms with E-state index in [1.54, 1.807) is 6.08 Å². The molecule has 0 amide bonds. The van der Waals surface area contributed by atoms with Crippen LogP contribution in [0.15, 0.2) is 92.1 Å². The first-order chi connectivity index (χ1) is 15.7. The molecule has 2 rings (SSSR count). The molecule has 0 spiro atoms. The Morgan fingerprint density at radius 2 is 1.79 bits per heavy atom. The zero-order valence-electron chi connectivity index (χ0n) is 21.4. The Bertz CT molecular complexity index is 1140. The number of allylic oxidation sites excluding steroid dienone is 9. The van der Waals surface area contributed by atoms with E-state index in [9.17, 15) is 0 Å². The minimum Gasteiger partial charge on any atom is -0.336 e. The zero-order valence-corrected chi connectivity index (χ0v) is 21.4. The minimum absolute atomic E-state index is 0.479. The van der Waals surface area contributed by atoms with Gasteiger partial charge in [0.1, 0.15) is 0 Å². The first kappa shape index (κ1) is 26.2. The lowest BCUT2D eigenvalue weighted by Crippen LogP contribution is -2.08. The van der Waals surface area contributed by atoms with Crippen LogP contribution in [0.25, 0.3) is 22.0 Å². The van der Waals surface area contributed by atoms with Crippen LogP contribution in [-0.4, -0.2) is 4.57 Å². The van der Waals surface area contributed by atoms with E-state index in [4.69, 9.17) is 0 Å². The second kappa shape index (κ2) is 11.7. The van der Waals surface area contributed by atoms with Crippen LogP contribution in [0.3, 0.4) is 0 Å². The molecule has 174 valence electrons. The third kappa shape index (κ3) is 5.85. The average Bonchev–Trinajstić information content (AvgIpc) is 3.10. The van der Waals surface area contributed by atoms with Crippen LogP contribution in [0.4, 0.5) is 0 Å². The van der Waals surface area contributed by atoms with Gasteiger partial charge >= 0.3 is 0 Å². The van der Waals surface area contributed by atoms with Crippen LogP contribution in [0.2, 0.25) is 0 Å². The third-order valence-electron chi connectivity index (χ3n) is 6.31. The van der Waals surface area contributed by atoms with Gasteiger partial charge in [-0.05, 0) is 73.4 Å². The predicted octanol–water partition coefficient (Wildman–Crippen LogP) is 9.80. The van der Waals surface area contributed by atoms with E-state index >= 15 is 0 Å². The molecule has 1 heteroatoms. The highest BCUT2D eigenvalue weighted by molar-refractivity contribution is 5.94. The number of hydrogen-bond donors (Lipinski definition) is 0. The van der Waals surface area contributed by atoms with Crippen LogP contribution in [0, 0.1) is 0 Å². The van der Waals surface area contributed by atoms with E-state index in [0.717, 1.165) is 52.7 Å². The molecule has 33 heavy (non-hydrogen) atoms. The van der Waals surface area contributed by atoms with Crippen molar-refractivity contribution in [2.75, 3.05) is 0 Å². The van der Waals surface area contributed by atoms with Crippen molar-refractivity contribution in [3.8, 4) is 0 Å². The summed E-state index contributed by atoms with van der Waals surface area (Å²) in [6.07, 6.45) is 11.5. The van der Waals surface area contributed by atoms with Crippen molar-refractivity contribution < 1.29 is 0 Å². The molecule has 1 aromatic heterocycles. The molecule has 1 heterocycles. The van der Waals surface area contributed by atoms with Gasteiger partial charge in [-0.15, -0.1) is 0 Å². The second-order valence-electron chi connectivity index (χ2n) is 9.01. The number of fused-ring (bicyclic) bond motifs is 1. The van der Waals surface area contributed by atoms with E-state index in [2.05, 4.69) is 102 Å². The number of aromatic nitrogens is 1. The molecule has 0 radical (unpaired) electrons. The lowest BCUT2D eigenvalue weighted by atomic mass is 9.88. The highest BCUT2D eigenvalue weighted by Crippen LogP contribution is 2.41. The second-order valence-corrected chi connectivity index (χ2v) is 9.01. The molecule has 0 aliphatic heterocycles. The maximum absolute atomic E-state index is 4.49. The normalized spacial score (nSPS) is 12.8. The summed E-state index contributed by atoms with van der Waals surface area (Å²) in [6, 6.07) is 6.77. The summed E-state index contributed by atoms with van der Waals surface area (Å²) in [6.45, 7) is 32.4. The van der Waals surface area contributed by atoms with Gasteiger partial charge in [0, 0.05) is 17.4 Å². The Morgan fingerprint density at radius 1 is 1.09 bits per heavy atom. The fourth-order valence-electron chi connectivity index (χ4n) is 4.50. The van der Waals surface area contributed by atoms with Crippen molar-refractivity contribution in [1.82, 2.24) is 4.57 Å². The van der Waals surface area contributed by atoms with Crippen molar-refractivity contribution in [2.45, 2.75) is 66.3 Å². The van der Waals surface area contributed by atoms with Gasteiger partial charge in [-0.25, -0.2) is 0 Å². The highest BCUT2D eigenvalue weighted by Gasteiger charge is 2.24. The third-order valence-corrected chi connectivity index (χ3v) is 6.31. The number of rotatable bonds is 12. The van der Waals surface area contributed by atoms with Gasteiger partial charge in [0.15, 0.2) is 0 Å². The number of nitrogens with zero attached hydrogens (tertiary/aromatic N) is 1. The van der Waals surface area contributed by atoms with E-state index in [-0.39, 0.29) is 0 Å². The van der Waals surface area contributed by atoms with Gasteiger partial charge in [-0.1, -0.05) is 101 Å². The van der Waals surface area contributed by atoms with Crippen molar-refractivity contribution in [1.29, 1.82) is 0 Å². The van der Waals surface area contributed by atoms with Gasteiger partial charge in [0.05, 0.1) is 5.69 Å². The Hall–Kier alpha value is -3.06. The van der Waals surface area contributed by atoms with Crippen molar-refractivity contribution in [2.24, 2.45) is 0 Å². The molecule has 0 N–H and O–H groups in total. The molecule has 0 aliphatic rings. The van der Waals surface area contributed by atoms with E-state index in [1.807, 2.05) is 6.92 Å². The summed E-state index contributed by atoms with van der Waals surface area (Å²) in [5, 5.41) is 1.31. The Labute approximate surface area is 201 Å². The van der Waals surface area contributed by atoms with Gasteiger partial charge in [0.2, 0.25) is 0 Å². The van der Waals surface area contributed by atoms with Crippen LogP contribution < -0.4 is 0 Å². The monoisotopic (exact) mass is 439 g/mol. The van der Waals surface area contributed by atoms with Crippen molar-refractivity contribution in [3.63, 3.8) is 0 Å². The largest absolute Gasteiger partial charge is 0.336 e. The lowest BCUT2D eigenvalue weighted by Gasteiger charge is -2.19. The Morgan fingerprint density at radius 3 is 2.30 bits per heavy atom. The molecule has 0 saturated heterocycles. The van der Waals surface area contributed by atoms with Gasteiger partial charge in [-0.3, -0.25) is 0 Å². The Balaban J connectivity index is 2.99. The molecule has 2 aromatic rings. The van der Waals surface area contributed by atoms with E-state index in [1.165, 1.54) is 22.2 Å². The number of hydrogen-bond acceptors (Lipinski definition) is 0. The maximum Gasteiger partial charge on any atom is 0.0523 e. The van der Waals surface area contributed by atoms with Gasteiger partial charge in [-0.2, -0.15) is 0 Å². The first-order valence-corrected chi connectivity index (χ1v) is 12.0.